The van der Waals surface area contributed by atoms with Crippen molar-refractivity contribution in [2.45, 2.75) is 26.6 Å². The summed E-state index contributed by atoms with van der Waals surface area (Å²) in [5.74, 6) is -1.16. The highest BCUT2D eigenvalue weighted by atomic mass is 35.5. The first-order valence-corrected chi connectivity index (χ1v) is 10.7. The number of halogens is 1. The van der Waals surface area contributed by atoms with E-state index in [1.54, 1.807) is 0 Å². The minimum absolute atomic E-state index is 0.609. The lowest BCUT2D eigenvalue weighted by atomic mass is 10.00. The first kappa shape index (κ1) is 18.9. The van der Waals surface area contributed by atoms with Crippen LogP contribution in [0.3, 0.4) is 0 Å². The fourth-order valence-electron chi connectivity index (χ4n) is 3.49. The van der Waals surface area contributed by atoms with Crippen molar-refractivity contribution < 1.29 is 9.67 Å². The molecule has 0 radical (unpaired) electrons. The molecular weight excluding hydrogens is 363 g/mol. The van der Waals surface area contributed by atoms with Gasteiger partial charge in [-0.2, -0.15) is 0 Å². The molecule has 1 unspecified atom stereocenters. The van der Waals surface area contributed by atoms with Gasteiger partial charge in [0, 0.05) is 15.6 Å². The van der Waals surface area contributed by atoms with E-state index in [9.17, 15) is 9.67 Å². The van der Waals surface area contributed by atoms with E-state index in [0.717, 1.165) is 16.7 Å². The van der Waals surface area contributed by atoms with Crippen molar-refractivity contribution in [3.63, 3.8) is 0 Å². The van der Waals surface area contributed by atoms with E-state index in [-0.39, 0.29) is 0 Å². The van der Waals surface area contributed by atoms with Crippen molar-refractivity contribution in [3.05, 3.63) is 94.0 Å². The molecule has 1 atom stereocenters. The topological polar surface area (TPSA) is 37.3 Å². The zero-order valence-corrected chi connectivity index (χ0v) is 16.8. The van der Waals surface area contributed by atoms with Gasteiger partial charge in [-0.05, 0) is 43.0 Å². The van der Waals surface area contributed by atoms with Crippen molar-refractivity contribution in [3.8, 4) is 0 Å². The van der Waals surface area contributed by atoms with Crippen LogP contribution in [-0.2, 0) is 4.57 Å². The highest BCUT2D eigenvalue weighted by Crippen LogP contribution is 2.57. The van der Waals surface area contributed by atoms with Gasteiger partial charge in [0.1, 0.15) is 5.85 Å². The summed E-state index contributed by atoms with van der Waals surface area (Å²) >= 11 is 6.44. The summed E-state index contributed by atoms with van der Waals surface area (Å²) in [7, 11) is -3.33. The standard InChI is InChI=1S/C22H22ClO2P/c1-15-14-16(2)21(23)17(3)20(15)22(24)26(25,18-10-6-4-7-11-18)19-12-8-5-9-13-19/h4-14,22,24H,1-3H3. The van der Waals surface area contributed by atoms with Crippen LogP contribution < -0.4 is 10.6 Å². The SMILES string of the molecule is Cc1cc(C)c(C(O)P(=O)(c2ccccc2)c2ccccc2)c(C)c1Cl. The van der Waals surface area contributed by atoms with Gasteiger partial charge in [0.25, 0.3) is 0 Å². The number of aliphatic hydroxyl groups is 1. The predicted octanol–water partition coefficient (Wildman–Crippen LogP) is 5.27. The fourth-order valence-corrected chi connectivity index (χ4v) is 6.50. The van der Waals surface area contributed by atoms with Crippen LogP contribution in [0.15, 0.2) is 66.7 Å². The molecule has 0 amide bonds. The summed E-state index contributed by atoms with van der Waals surface area (Å²) in [4.78, 5) is 0. The molecule has 0 saturated carbocycles. The maximum atomic E-state index is 14.3. The molecule has 0 aliphatic carbocycles. The normalized spacial score (nSPS) is 12.8. The van der Waals surface area contributed by atoms with Crippen LogP contribution >= 0.6 is 18.7 Å². The van der Waals surface area contributed by atoms with Crippen molar-refractivity contribution in [2.75, 3.05) is 0 Å². The van der Waals surface area contributed by atoms with Crippen LogP contribution in [-0.4, -0.2) is 5.11 Å². The molecule has 0 fully saturated rings. The number of aliphatic hydroxyl groups excluding tert-OH is 1. The lowest BCUT2D eigenvalue weighted by Crippen LogP contribution is -2.22. The van der Waals surface area contributed by atoms with E-state index in [1.165, 1.54) is 0 Å². The van der Waals surface area contributed by atoms with Gasteiger partial charge in [0.15, 0.2) is 7.14 Å². The molecule has 0 heterocycles. The Hall–Kier alpha value is -1.86. The van der Waals surface area contributed by atoms with Crippen LogP contribution in [0.25, 0.3) is 0 Å². The number of aryl methyl sites for hydroxylation is 2. The number of hydrogen-bond donors (Lipinski definition) is 1. The summed E-state index contributed by atoms with van der Waals surface area (Å²) in [6, 6.07) is 20.4. The van der Waals surface area contributed by atoms with Crippen LogP contribution in [0.5, 0.6) is 0 Å². The number of rotatable bonds is 4. The molecule has 0 aromatic heterocycles. The second kappa shape index (κ2) is 7.40. The van der Waals surface area contributed by atoms with Gasteiger partial charge in [-0.1, -0.05) is 78.3 Å². The molecule has 0 aliphatic heterocycles. The van der Waals surface area contributed by atoms with Gasteiger partial charge in [0.05, 0.1) is 0 Å². The molecule has 0 bridgehead atoms. The Bertz CT molecular complexity index is 925. The van der Waals surface area contributed by atoms with E-state index in [0.29, 0.717) is 21.2 Å². The van der Waals surface area contributed by atoms with Gasteiger partial charge < -0.3 is 9.67 Å². The smallest absolute Gasteiger partial charge is 0.174 e. The molecule has 0 spiro atoms. The third kappa shape index (κ3) is 3.14. The Morgan fingerprint density at radius 3 is 1.77 bits per heavy atom. The monoisotopic (exact) mass is 384 g/mol. The molecule has 3 rings (SSSR count). The van der Waals surface area contributed by atoms with E-state index in [1.807, 2.05) is 87.5 Å². The van der Waals surface area contributed by atoms with Crippen molar-refractivity contribution in [1.82, 2.24) is 0 Å². The average molecular weight is 385 g/mol. The van der Waals surface area contributed by atoms with Crippen molar-refractivity contribution >= 4 is 29.4 Å². The van der Waals surface area contributed by atoms with E-state index >= 15 is 0 Å². The molecule has 1 N–H and O–H groups in total. The van der Waals surface area contributed by atoms with Crippen LogP contribution in [0.4, 0.5) is 0 Å². The maximum absolute atomic E-state index is 14.3. The maximum Gasteiger partial charge on any atom is 0.174 e. The molecule has 0 aliphatic rings. The van der Waals surface area contributed by atoms with Gasteiger partial charge in [-0.3, -0.25) is 0 Å². The minimum Gasteiger partial charge on any atom is -0.380 e. The molecule has 3 aromatic rings. The molecule has 4 heteroatoms. The van der Waals surface area contributed by atoms with Crippen LogP contribution in [0.1, 0.15) is 28.1 Å². The van der Waals surface area contributed by atoms with E-state index < -0.39 is 13.0 Å². The molecule has 2 nitrogen and oxygen atoms in total. The summed E-state index contributed by atoms with van der Waals surface area (Å²) in [6.07, 6.45) is 0. The third-order valence-electron chi connectivity index (χ3n) is 4.82. The Labute approximate surface area is 159 Å². The summed E-state index contributed by atoms with van der Waals surface area (Å²) in [5, 5.41) is 13.3. The summed E-state index contributed by atoms with van der Waals surface area (Å²) in [6.45, 7) is 5.74. The molecule has 3 aromatic carbocycles. The highest BCUT2D eigenvalue weighted by Gasteiger charge is 2.38. The zero-order chi connectivity index (χ0) is 18.9. The lowest BCUT2D eigenvalue weighted by Gasteiger charge is -2.28. The van der Waals surface area contributed by atoms with Gasteiger partial charge in [0.2, 0.25) is 0 Å². The van der Waals surface area contributed by atoms with Gasteiger partial charge >= 0.3 is 0 Å². The summed E-state index contributed by atoms with van der Waals surface area (Å²) < 4.78 is 14.3. The Kier molecular flexibility index (Phi) is 5.39. The summed E-state index contributed by atoms with van der Waals surface area (Å²) in [5.41, 5.74) is 3.27. The van der Waals surface area contributed by atoms with Gasteiger partial charge in [-0.15, -0.1) is 0 Å². The molecule has 26 heavy (non-hydrogen) atoms. The van der Waals surface area contributed by atoms with Crippen molar-refractivity contribution in [2.24, 2.45) is 0 Å². The zero-order valence-electron chi connectivity index (χ0n) is 15.1. The fraction of sp³-hybridized carbons (Fsp3) is 0.182. The lowest BCUT2D eigenvalue weighted by molar-refractivity contribution is 0.255. The van der Waals surface area contributed by atoms with E-state index in [2.05, 4.69) is 0 Å². The predicted molar refractivity (Wildman–Crippen MR) is 110 cm³/mol. The Morgan fingerprint density at radius 2 is 1.31 bits per heavy atom. The first-order chi connectivity index (χ1) is 12.4. The molecular formula is C22H22ClO2P. The van der Waals surface area contributed by atoms with Crippen LogP contribution in [0, 0.1) is 20.8 Å². The van der Waals surface area contributed by atoms with Crippen molar-refractivity contribution in [1.29, 1.82) is 0 Å². The average Bonchev–Trinajstić information content (AvgIpc) is 2.67. The van der Waals surface area contributed by atoms with E-state index in [4.69, 9.17) is 11.6 Å². The molecule has 0 saturated heterocycles. The highest BCUT2D eigenvalue weighted by molar-refractivity contribution is 7.78. The molecule has 134 valence electrons. The second-order valence-electron chi connectivity index (χ2n) is 6.57. The Morgan fingerprint density at radius 1 is 0.846 bits per heavy atom. The number of benzene rings is 3. The Balaban J connectivity index is 2.28. The quantitative estimate of drug-likeness (QED) is 0.622. The largest absolute Gasteiger partial charge is 0.380 e. The van der Waals surface area contributed by atoms with Crippen LogP contribution in [0.2, 0.25) is 5.02 Å². The minimum atomic E-state index is -3.33. The van der Waals surface area contributed by atoms with Gasteiger partial charge in [-0.25, -0.2) is 0 Å². The second-order valence-corrected chi connectivity index (χ2v) is 9.78. The number of hydrogen-bond acceptors (Lipinski definition) is 2. The third-order valence-corrected chi connectivity index (χ3v) is 8.48. The first-order valence-electron chi connectivity index (χ1n) is 8.52.